The first-order valence-electron chi connectivity index (χ1n) is 8.34. The predicted molar refractivity (Wildman–Crippen MR) is 109 cm³/mol. The third-order valence-electron chi connectivity index (χ3n) is 4.52. The van der Waals surface area contributed by atoms with Gasteiger partial charge in [-0.15, -0.1) is 0 Å². The molecule has 0 saturated heterocycles. The summed E-state index contributed by atoms with van der Waals surface area (Å²) >= 11 is 6.73. The summed E-state index contributed by atoms with van der Waals surface area (Å²) in [6, 6.07) is 6.01. The van der Waals surface area contributed by atoms with E-state index in [2.05, 4.69) is 36.6 Å². The number of allylic oxidation sites excluding steroid dienone is 2. The molecule has 1 aromatic rings. The fraction of sp³-hybridized carbons (Fsp3) is 0.368. The summed E-state index contributed by atoms with van der Waals surface area (Å²) in [5.74, 6) is -2.57. The first-order chi connectivity index (χ1) is 13.8. The standard InChI is InChI=1S/C19H19Br2F2NO5/c1-24-11(8-20)15(17(25)27-2)14(16(12(24)9-21)18(26)28-3)10-6-4-5-7-13(10)29-19(22)23/h4-7,14,19H,8-9H2,1-3H3. The molecule has 158 valence electrons. The number of para-hydroxylation sites is 1. The molecule has 6 nitrogen and oxygen atoms in total. The molecule has 0 aromatic heterocycles. The van der Waals surface area contributed by atoms with Crippen LogP contribution >= 0.6 is 31.9 Å². The summed E-state index contributed by atoms with van der Waals surface area (Å²) < 4.78 is 40.6. The molecule has 0 aliphatic carbocycles. The van der Waals surface area contributed by atoms with E-state index in [1.54, 1.807) is 18.0 Å². The first kappa shape index (κ1) is 23.3. The summed E-state index contributed by atoms with van der Waals surface area (Å²) in [5, 5.41) is 0.514. The summed E-state index contributed by atoms with van der Waals surface area (Å²) in [7, 11) is 4.11. The third-order valence-corrected chi connectivity index (χ3v) is 5.58. The number of halogens is 4. The minimum atomic E-state index is -3.08. The topological polar surface area (TPSA) is 65.1 Å². The van der Waals surface area contributed by atoms with Crippen LogP contribution in [0.1, 0.15) is 11.5 Å². The van der Waals surface area contributed by atoms with Crippen LogP contribution < -0.4 is 4.74 Å². The molecule has 0 N–H and O–H groups in total. The zero-order valence-corrected chi connectivity index (χ0v) is 19.1. The molecule has 1 aliphatic heterocycles. The van der Waals surface area contributed by atoms with Crippen LogP contribution in [0, 0.1) is 0 Å². The van der Waals surface area contributed by atoms with Gasteiger partial charge in [0.1, 0.15) is 5.75 Å². The maximum atomic E-state index is 13.0. The molecule has 0 bridgehead atoms. The maximum absolute atomic E-state index is 13.0. The molecule has 1 aliphatic rings. The SMILES string of the molecule is COC(=O)C1=C(CBr)N(C)C(CBr)=C(C(=O)OC)C1c1ccccc1OC(F)F. The highest BCUT2D eigenvalue weighted by atomic mass is 79.9. The monoisotopic (exact) mass is 537 g/mol. The summed E-state index contributed by atoms with van der Waals surface area (Å²) in [5.41, 5.74) is 1.52. The van der Waals surface area contributed by atoms with Crippen LogP contribution in [-0.4, -0.2) is 55.4 Å². The van der Waals surface area contributed by atoms with E-state index in [1.807, 2.05) is 0 Å². The molecule has 0 atom stereocenters. The maximum Gasteiger partial charge on any atom is 0.387 e. The van der Waals surface area contributed by atoms with Gasteiger partial charge in [-0.05, 0) is 6.07 Å². The van der Waals surface area contributed by atoms with Crippen LogP contribution in [0.25, 0.3) is 0 Å². The number of carbonyl (C=O) groups is 2. The Hall–Kier alpha value is -1.94. The summed E-state index contributed by atoms with van der Waals surface area (Å²) in [6.45, 7) is -3.08. The van der Waals surface area contributed by atoms with E-state index < -0.39 is 24.5 Å². The third kappa shape index (κ3) is 4.63. The van der Waals surface area contributed by atoms with Crippen LogP contribution in [0.15, 0.2) is 46.8 Å². The Morgan fingerprint density at radius 3 is 1.93 bits per heavy atom. The molecule has 10 heteroatoms. The highest BCUT2D eigenvalue weighted by molar-refractivity contribution is 9.09. The van der Waals surface area contributed by atoms with E-state index >= 15 is 0 Å². The average molecular weight is 539 g/mol. The number of ether oxygens (including phenoxy) is 3. The molecule has 0 amide bonds. The zero-order chi connectivity index (χ0) is 21.7. The Labute approximate surface area is 183 Å². The number of rotatable bonds is 7. The number of benzene rings is 1. The van der Waals surface area contributed by atoms with Crippen molar-refractivity contribution in [2.45, 2.75) is 12.5 Å². The van der Waals surface area contributed by atoms with Crippen LogP contribution in [0.4, 0.5) is 8.78 Å². The largest absolute Gasteiger partial charge is 0.466 e. The molecule has 1 heterocycles. The van der Waals surface area contributed by atoms with Crippen molar-refractivity contribution < 1.29 is 32.6 Å². The molecule has 29 heavy (non-hydrogen) atoms. The quantitative estimate of drug-likeness (QED) is 0.387. The number of hydrogen-bond acceptors (Lipinski definition) is 6. The fourth-order valence-electron chi connectivity index (χ4n) is 3.25. The van der Waals surface area contributed by atoms with Gasteiger partial charge in [0.2, 0.25) is 0 Å². The molecule has 0 saturated carbocycles. The highest BCUT2D eigenvalue weighted by Crippen LogP contribution is 2.46. The second kappa shape index (κ2) is 10.2. The van der Waals surface area contributed by atoms with Crippen molar-refractivity contribution in [3.8, 4) is 5.75 Å². The first-order valence-corrected chi connectivity index (χ1v) is 10.6. The minimum Gasteiger partial charge on any atom is -0.466 e. The molecule has 0 radical (unpaired) electrons. The van der Waals surface area contributed by atoms with Gasteiger partial charge in [0.25, 0.3) is 0 Å². The van der Waals surface area contributed by atoms with Crippen molar-refractivity contribution >= 4 is 43.8 Å². The van der Waals surface area contributed by atoms with Crippen molar-refractivity contribution in [2.24, 2.45) is 0 Å². The van der Waals surface area contributed by atoms with Crippen molar-refractivity contribution in [1.29, 1.82) is 0 Å². The molecule has 0 unspecified atom stereocenters. The molecular formula is C19H19Br2F2NO5. The van der Waals surface area contributed by atoms with Crippen LogP contribution in [0.3, 0.4) is 0 Å². The van der Waals surface area contributed by atoms with Gasteiger partial charge in [-0.25, -0.2) is 9.59 Å². The lowest BCUT2D eigenvalue weighted by atomic mass is 9.79. The molecule has 2 rings (SSSR count). The molecule has 0 spiro atoms. The van der Waals surface area contributed by atoms with Gasteiger partial charge in [0.15, 0.2) is 0 Å². The Morgan fingerprint density at radius 2 is 1.52 bits per heavy atom. The van der Waals surface area contributed by atoms with Gasteiger partial charge in [0, 0.05) is 34.7 Å². The Kier molecular flexibility index (Phi) is 8.21. The second-order valence-corrected chi connectivity index (χ2v) is 7.00. The number of esters is 2. The lowest BCUT2D eigenvalue weighted by molar-refractivity contribution is -0.137. The lowest BCUT2D eigenvalue weighted by Crippen LogP contribution is -2.36. The molecule has 0 fully saturated rings. The number of hydrogen-bond donors (Lipinski definition) is 0. The Bertz CT molecular complexity index is 815. The van der Waals surface area contributed by atoms with E-state index in [0.717, 1.165) is 0 Å². The lowest BCUT2D eigenvalue weighted by Gasteiger charge is -2.37. The Balaban J connectivity index is 2.89. The smallest absolute Gasteiger partial charge is 0.387 e. The Morgan fingerprint density at radius 1 is 1.03 bits per heavy atom. The number of carbonyl (C=O) groups excluding carboxylic acids is 2. The summed E-state index contributed by atoms with van der Waals surface area (Å²) in [6.07, 6.45) is 0. The fourth-order valence-corrected chi connectivity index (χ4v) is 4.61. The number of nitrogens with zero attached hydrogens (tertiary/aromatic N) is 1. The van der Waals surface area contributed by atoms with E-state index in [1.165, 1.54) is 32.4 Å². The van der Waals surface area contributed by atoms with Gasteiger partial charge < -0.3 is 19.1 Å². The van der Waals surface area contributed by atoms with Crippen molar-refractivity contribution in [1.82, 2.24) is 4.90 Å². The van der Waals surface area contributed by atoms with Crippen LogP contribution in [0.5, 0.6) is 5.75 Å². The van der Waals surface area contributed by atoms with Gasteiger partial charge >= 0.3 is 18.6 Å². The van der Waals surface area contributed by atoms with E-state index in [-0.39, 0.29) is 33.1 Å². The van der Waals surface area contributed by atoms with E-state index in [9.17, 15) is 18.4 Å². The van der Waals surface area contributed by atoms with Gasteiger partial charge in [-0.1, -0.05) is 50.1 Å². The molecule has 1 aromatic carbocycles. The second-order valence-electron chi connectivity index (χ2n) is 5.88. The van der Waals surface area contributed by atoms with E-state index in [0.29, 0.717) is 11.4 Å². The predicted octanol–water partition coefficient (Wildman–Crippen LogP) is 3.96. The van der Waals surface area contributed by atoms with E-state index in [4.69, 9.17) is 9.47 Å². The van der Waals surface area contributed by atoms with Gasteiger partial charge in [0.05, 0.1) is 31.3 Å². The highest BCUT2D eigenvalue weighted by Gasteiger charge is 2.42. The number of methoxy groups -OCH3 is 2. The average Bonchev–Trinajstić information content (AvgIpc) is 2.71. The van der Waals surface area contributed by atoms with Crippen molar-refractivity contribution in [3.05, 3.63) is 52.4 Å². The van der Waals surface area contributed by atoms with Crippen LogP contribution in [-0.2, 0) is 19.1 Å². The van der Waals surface area contributed by atoms with Gasteiger partial charge in [-0.3, -0.25) is 0 Å². The minimum absolute atomic E-state index is 0.127. The van der Waals surface area contributed by atoms with Crippen LogP contribution in [0.2, 0.25) is 0 Å². The van der Waals surface area contributed by atoms with Crippen molar-refractivity contribution in [2.75, 3.05) is 31.9 Å². The number of alkyl halides is 4. The zero-order valence-electron chi connectivity index (χ0n) is 15.9. The molecular weight excluding hydrogens is 520 g/mol. The normalized spacial score (nSPS) is 15.1. The van der Waals surface area contributed by atoms with Gasteiger partial charge in [-0.2, -0.15) is 8.78 Å². The van der Waals surface area contributed by atoms with Crippen molar-refractivity contribution in [3.63, 3.8) is 0 Å². The summed E-state index contributed by atoms with van der Waals surface area (Å²) in [4.78, 5) is 27.2.